The fourth-order valence-electron chi connectivity index (χ4n) is 1.74. The lowest BCUT2D eigenvalue weighted by Crippen LogP contribution is -2.09. The van der Waals surface area contributed by atoms with E-state index in [2.05, 4.69) is 25.8 Å². The first-order chi connectivity index (χ1) is 6.89. The van der Waals surface area contributed by atoms with Crippen LogP contribution in [-0.4, -0.2) is 4.98 Å². The zero-order valence-corrected chi connectivity index (χ0v) is 10.5. The molecule has 1 N–H and O–H groups in total. The number of benzene rings is 1. The van der Waals surface area contributed by atoms with Crippen molar-refractivity contribution in [2.75, 3.05) is 0 Å². The molecule has 2 aromatic rings. The van der Waals surface area contributed by atoms with Crippen LogP contribution in [0.1, 0.15) is 26.3 Å². The number of hydrogen-bond donors (Lipinski definition) is 1. The van der Waals surface area contributed by atoms with Gasteiger partial charge in [-0.15, -0.1) is 0 Å². The van der Waals surface area contributed by atoms with Gasteiger partial charge in [0, 0.05) is 17.1 Å². The highest BCUT2D eigenvalue weighted by Gasteiger charge is 2.18. The van der Waals surface area contributed by atoms with Crippen molar-refractivity contribution in [2.45, 2.75) is 26.2 Å². The standard InChI is InChI=1S/C12H13Cl2N/c1-12(2,3)8-6-15-11-5-10(14)9(13)4-7(8)11/h4-6,15H,1-3H3. The van der Waals surface area contributed by atoms with Gasteiger partial charge < -0.3 is 4.98 Å². The molecule has 0 fully saturated rings. The minimum absolute atomic E-state index is 0.107. The van der Waals surface area contributed by atoms with Gasteiger partial charge in [-0.3, -0.25) is 0 Å². The van der Waals surface area contributed by atoms with Gasteiger partial charge in [0.15, 0.2) is 0 Å². The average molecular weight is 242 g/mol. The van der Waals surface area contributed by atoms with E-state index < -0.39 is 0 Å². The Balaban J connectivity index is 2.75. The Kier molecular flexibility index (Phi) is 2.48. The van der Waals surface area contributed by atoms with Crippen LogP contribution in [0.25, 0.3) is 10.9 Å². The van der Waals surface area contributed by atoms with Gasteiger partial charge in [0.25, 0.3) is 0 Å². The van der Waals surface area contributed by atoms with Crippen molar-refractivity contribution in [3.05, 3.63) is 33.9 Å². The van der Waals surface area contributed by atoms with Crippen molar-refractivity contribution >= 4 is 34.1 Å². The number of aromatic nitrogens is 1. The van der Waals surface area contributed by atoms with E-state index in [1.165, 1.54) is 5.56 Å². The minimum atomic E-state index is 0.107. The van der Waals surface area contributed by atoms with Gasteiger partial charge in [0.05, 0.1) is 10.0 Å². The van der Waals surface area contributed by atoms with Crippen LogP contribution in [0.2, 0.25) is 10.0 Å². The van der Waals surface area contributed by atoms with Gasteiger partial charge in [0.2, 0.25) is 0 Å². The van der Waals surface area contributed by atoms with E-state index in [0.29, 0.717) is 10.0 Å². The summed E-state index contributed by atoms with van der Waals surface area (Å²) in [6, 6.07) is 3.80. The molecule has 80 valence electrons. The first kappa shape index (κ1) is 10.8. The third-order valence-corrected chi connectivity index (χ3v) is 3.25. The second kappa shape index (κ2) is 3.43. The summed E-state index contributed by atoms with van der Waals surface area (Å²) in [5.74, 6) is 0. The van der Waals surface area contributed by atoms with E-state index >= 15 is 0 Å². The summed E-state index contributed by atoms with van der Waals surface area (Å²) in [7, 11) is 0. The van der Waals surface area contributed by atoms with Crippen LogP contribution in [-0.2, 0) is 5.41 Å². The minimum Gasteiger partial charge on any atom is -0.361 e. The Hall–Kier alpha value is -0.660. The predicted molar refractivity (Wildman–Crippen MR) is 67.0 cm³/mol. The molecule has 2 rings (SSSR count). The number of aromatic amines is 1. The first-order valence-electron chi connectivity index (χ1n) is 4.86. The molecule has 0 aliphatic carbocycles. The molecule has 1 heterocycles. The van der Waals surface area contributed by atoms with Crippen molar-refractivity contribution in [3.63, 3.8) is 0 Å². The van der Waals surface area contributed by atoms with Crippen LogP contribution >= 0.6 is 23.2 Å². The van der Waals surface area contributed by atoms with Gasteiger partial charge in [-0.1, -0.05) is 44.0 Å². The molecule has 15 heavy (non-hydrogen) atoms. The lowest BCUT2D eigenvalue weighted by Gasteiger charge is -2.17. The number of halogens is 2. The third-order valence-electron chi connectivity index (χ3n) is 2.53. The molecule has 1 nitrogen and oxygen atoms in total. The summed E-state index contributed by atoms with van der Waals surface area (Å²) in [5, 5.41) is 2.35. The molecule has 0 unspecified atom stereocenters. The molecule has 0 aliphatic heterocycles. The highest BCUT2D eigenvalue weighted by Crippen LogP contribution is 2.34. The van der Waals surface area contributed by atoms with Crippen LogP contribution in [0, 0.1) is 0 Å². The van der Waals surface area contributed by atoms with Crippen molar-refractivity contribution in [1.82, 2.24) is 4.98 Å². The van der Waals surface area contributed by atoms with Gasteiger partial charge in [-0.25, -0.2) is 0 Å². The summed E-state index contributed by atoms with van der Waals surface area (Å²) in [6.07, 6.45) is 2.03. The summed E-state index contributed by atoms with van der Waals surface area (Å²) < 4.78 is 0. The Morgan fingerprint density at radius 1 is 1.07 bits per heavy atom. The molecule has 1 aromatic carbocycles. The van der Waals surface area contributed by atoms with Gasteiger partial charge in [0.1, 0.15) is 0 Å². The maximum Gasteiger partial charge on any atom is 0.0613 e. The van der Waals surface area contributed by atoms with E-state index in [1.807, 2.05) is 18.3 Å². The summed E-state index contributed by atoms with van der Waals surface area (Å²) in [6.45, 7) is 6.54. The van der Waals surface area contributed by atoms with Crippen molar-refractivity contribution < 1.29 is 0 Å². The average Bonchev–Trinajstić information content (AvgIpc) is 2.47. The van der Waals surface area contributed by atoms with Crippen LogP contribution in [0.5, 0.6) is 0 Å². The zero-order valence-electron chi connectivity index (χ0n) is 8.99. The van der Waals surface area contributed by atoms with Crippen molar-refractivity contribution in [1.29, 1.82) is 0 Å². The molecular formula is C12H13Cl2N. The monoisotopic (exact) mass is 241 g/mol. The smallest absolute Gasteiger partial charge is 0.0613 e. The Bertz CT molecular complexity index is 506. The van der Waals surface area contributed by atoms with E-state index in [9.17, 15) is 0 Å². The normalized spacial score (nSPS) is 12.3. The van der Waals surface area contributed by atoms with E-state index in [1.54, 1.807) is 0 Å². The lowest BCUT2D eigenvalue weighted by atomic mass is 9.87. The number of nitrogens with one attached hydrogen (secondary N) is 1. The molecular weight excluding hydrogens is 229 g/mol. The molecule has 0 saturated heterocycles. The first-order valence-corrected chi connectivity index (χ1v) is 5.62. The van der Waals surface area contributed by atoms with E-state index in [-0.39, 0.29) is 5.41 Å². The van der Waals surface area contributed by atoms with Crippen LogP contribution < -0.4 is 0 Å². The number of fused-ring (bicyclic) bond motifs is 1. The Morgan fingerprint density at radius 2 is 1.67 bits per heavy atom. The highest BCUT2D eigenvalue weighted by molar-refractivity contribution is 6.42. The summed E-state index contributed by atoms with van der Waals surface area (Å²) >= 11 is 12.0. The van der Waals surface area contributed by atoms with E-state index in [4.69, 9.17) is 23.2 Å². The Morgan fingerprint density at radius 3 is 2.27 bits per heavy atom. The summed E-state index contributed by atoms with van der Waals surface area (Å²) in [4.78, 5) is 3.22. The fourth-order valence-corrected chi connectivity index (χ4v) is 2.06. The quantitative estimate of drug-likeness (QED) is 0.684. The number of rotatable bonds is 0. The topological polar surface area (TPSA) is 15.8 Å². The second-order valence-electron chi connectivity index (χ2n) is 4.76. The molecule has 0 bridgehead atoms. The predicted octanol–water partition coefficient (Wildman–Crippen LogP) is 4.77. The van der Waals surface area contributed by atoms with Crippen LogP contribution in [0.3, 0.4) is 0 Å². The zero-order chi connectivity index (χ0) is 11.2. The number of H-pyrrole nitrogens is 1. The fraction of sp³-hybridized carbons (Fsp3) is 0.333. The highest BCUT2D eigenvalue weighted by atomic mass is 35.5. The van der Waals surface area contributed by atoms with E-state index in [0.717, 1.165) is 10.9 Å². The molecule has 1 aromatic heterocycles. The van der Waals surface area contributed by atoms with Crippen molar-refractivity contribution in [3.8, 4) is 0 Å². The Labute approximate surface area is 99.4 Å². The van der Waals surface area contributed by atoms with Gasteiger partial charge in [-0.05, 0) is 23.1 Å². The lowest BCUT2D eigenvalue weighted by molar-refractivity contribution is 0.596. The molecule has 0 atom stereocenters. The van der Waals surface area contributed by atoms with Gasteiger partial charge >= 0.3 is 0 Å². The number of hydrogen-bond acceptors (Lipinski definition) is 0. The molecule has 0 radical (unpaired) electrons. The third kappa shape index (κ3) is 1.86. The van der Waals surface area contributed by atoms with Crippen LogP contribution in [0.4, 0.5) is 0 Å². The summed E-state index contributed by atoms with van der Waals surface area (Å²) in [5.41, 5.74) is 2.40. The SMILES string of the molecule is CC(C)(C)c1c[nH]c2cc(Cl)c(Cl)cc12. The maximum absolute atomic E-state index is 6.02. The molecule has 0 spiro atoms. The van der Waals surface area contributed by atoms with Crippen LogP contribution in [0.15, 0.2) is 18.3 Å². The second-order valence-corrected chi connectivity index (χ2v) is 5.58. The molecule has 3 heteroatoms. The maximum atomic E-state index is 6.02. The molecule has 0 aliphatic rings. The largest absolute Gasteiger partial charge is 0.361 e. The molecule has 0 amide bonds. The molecule has 0 saturated carbocycles. The van der Waals surface area contributed by atoms with Gasteiger partial charge in [-0.2, -0.15) is 0 Å². The van der Waals surface area contributed by atoms with Crippen molar-refractivity contribution in [2.24, 2.45) is 0 Å².